The Kier molecular flexibility index (Phi) is 11.8. The van der Waals surface area contributed by atoms with Crippen molar-refractivity contribution in [1.29, 1.82) is 0 Å². The summed E-state index contributed by atoms with van der Waals surface area (Å²) in [4.78, 5) is 44.8. The first-order valence-corrected chi connectivity index (χ1v) is 8.91. The van der Waals surface area contributed by atoms with Gasteiger partial charge in [-0.1, -0.05) is 5.57 Å². The van der Waals surface area contributed by atoms with Crippen LogP contribution >= 0.6 is 0 Å². The van der Waals surface area contributed by atoms with Gasteiger partial charge in [0.1, 0.15) is 0 Å². The standard InChI is InChI=1S/C11H14O5.C9H12O3.Na/c1-4-16-10(13)7-5-8(12)9(6(7)2)11(14)15-3;1-3-12-9(11)8-5-7(10)4-6(8)2;/h12H,4-5H2,1-3H3;4,8H,3,5H2,1-2H3;/q;;+1/p-1. The van der Waals surface area contributed by atoms with Crippen LogP contribution in [0.1, 0.15) is 40.5 Å². The molecule has 0 aliphatic heterocycles. The second-order valence-corrected chi connectivity index (χ2v) is 6.15. The minimum atomic E-state index is -0.707. The number of ether oxygens (including phenoxy) is 3. The summed E-state index contributed by atoms with van der Waals surface area (Å²) in [6.07, 6.45) is 1.71. The predicted molar refractivity (Wildman–Crippen MR) is 96.5 cm³/mol. The van der Waals surface area contributed by atoms with E-state index in [2.05, 4.69) is 4.74 Å². The van der Waals surface area contributed by atoms with E-state index in [4.69, 9.17) is 9.47 Å². The molecule has 8 nitrogen and oxygen atoms in total. The Morgan fingerprint density at radius 2 is 1.69 bits per heavy atom. The number of esters is 3. The topological polar surface area (TPSA) is 119 Å². The average molecular weight is 416 g/mol. The maximum absolute atomic E-state index is 11.5. The van der Waals surface area contributed by atoms with Crippen molar-refractivity contribution in [2.24, 2.45) is 5.92 Å². The fraction of sp³-hybridized carbons (Fsp3) is 0.500. The van der Waals surface area contributed by atoms with Gasteiger partial charge in [-0.15, -0.1) is 5.76 Å². The Morgan fingerprint density at radius 1 is 1.10 bits per heavy atom. The molecule has 0 N–H and O–H groups in total. The molecule has 1 unspecified atom stereocenters. The van der Waals surface area contributed by atoms with Crippen LogP contribution in [0.15, 0.2) is 34.1 Å². The predicted octanol–water partition coefficient (Wildman–Crippen LogP) is -1.85. The van der Waals surface area contributed by atoms with Crippen molar-refractivity contribution >= 4 is 23.7 Å². The van der Waals surface area contributed by atoms with E-state index >= 15 is 0 Å². The molecule has 2 aliphatic rings. The van der Waals surface area contributed by atoms with Crippen LogP contribution in [0.25, 0.3) is 0 Å². The molecule has 0 bridgehead atoms. The van der Waals surface area contributed by atoms with Crippen LogP contribution in [0.2, 0.25) is 0 Å². The van der Waals surface area contributed by atoms with Gasteiger partial charge in [-0.25, -0.2) is 9.59 Å². The first kappa shape index (κ1) is 27.1. The summed E-state index contributed by atoms with van der Waals surface area (Å²) in [5.41, 5.74) is 1.37. The monoisotopic (exact) mass is 416 g/mol. The van der Waals surface area contributed by atoms with Crippen LogP contribution in [0.4, 0.5) is 0 Å². The van der Waals surface area contributed by atoms with E-state index in [0.717, 1.165) is 5.57 Å². The molecule has 2 aliphatic carbocycles. The third kappa shape index (κ3) is 7.13. The smallest absolute Gasteiger partial charge is 0.875 e. The summed E-state index contributed by atoms with van der Waals surface area (Å²) in [6.45, 7) is 7.37. The number of ketones is 1. The molecule has 0 amide bonds. The molecule has 2 rings (SSSR count). The number of carbonyl (C=O) groups excluding carboxylic acids is 4. The fourth-order valence-electron chi connectivity index (χ4n) is 2.84. The van der Waals surface area contributed by atoms with Crippen LogP contribution < -0.4 is 34.7 Å². The number of hydrogen-bond donors (Lipinski definition) is 0. The summed E-state index contributed by atoms with van der Waals surface area (Å²) >= 11 is 0. The van der Waals surface area contributed by atoms with Crippen molar-refractivity contribution < 1.29 is 68.1 Å². The molecule has 0 radical (unpaired) electrons. The van der Waals surface area contributed by atoms with Gasteiger partial charge in [0.25, 0.3) is 0 Å². The van der Waals surface area contributed by atoms with E-state index in [1.165, 1.54) is 13.2 Å². The van der Waals surface area contributed by atoms with Crippen LogP contribution in [0.5, 0.6) is 0 Å². The molecular weight excluding hydrogens is 391 g/mol. The van der Waals surface area contributed by atoms with E-state index in [9.17, 15) is 24.3 Å². The fourth-order valence-corrected chi connectivity index (χ4v) is 2.84. The molecule has 29 heavy (non-hydrogen) atoms. The van der Waals surface area contributed by atoms with E-state index in [1.807, 2.05) is 0 Å². The van der Waals surface area contributed by atoms with Crippen LogP contribution in [0.3, 0.4) is 0 Å². The zero-order valence-corrected chi connectivity index (χ0v) is 19.7. The van der Waals surface area contributed by atoms with E-state index in [1.54, 1.807) is 27.7 Å². The van der Waals surface area contributed by atoms with Crippen molar-refractivity contribution in [3.05, 3.63) is 34.1 Å². The Labute approximate surface area is 192 Å². The minimum absolute atomic E-state index is 0. The number of rotatable bonds is 5. The molecule has 0 spiro atoms. The zero-order valence-electron chi connectivity index (χ0n) is 17.7. The third-order valence-electron chi connectivity index (χ3n) is 4.27. The van der Waals surface area contributed by atoms with Gasteiger partial charge in [0.15, 0.2) is 5.78 Å². The van der Waals surface area contributed by atoms with Crippen LogP contribution in [-0.4, -0.2) is 44.0 Å². The maximum atomic E-state index is 11.5. The molecule has 0 aromatic rings. The van der Waals surface area contributed by atoms with Crippen molar-refractivity contribution in [2.45, 2.75) is 40.5 Å². The molecule has 154 valence electrons. The Bertz CT molecular complexity index is 760. The largest absolute Gasteiger partial charge is 1.00 e. The van der Waals surface area contributed by atoms with Crippen LogP contribution in [0, 0.1) is 5.92 Å². The first-order valence-electron chi connectivity index (χ1n) is 8.91. The number of allylic oxidation sites excluding steroid dienone is 2. The summed E-state index contributed by atoms with van der Waals surface area (Å²) < 4.78 is 14.1. The minimum Gasteiger partial charge on any atom is -0.875 e. The summed E-state index contributed by atoms with van der Waals surface area (Å²) in [5.74, 6) is -2.23. The van der Waals surface area contributed by atoms with Crippen molar-refractivity contribution in [3.63, 3.8) is 0 Å². The van der Waals surface area contributed by atoms with Gasteiger partial charge >= 0.3 is 47.5 Å². The molecule has 0 fully saturated rings. The number of carbonyl (C=O) groups is 4. The van der Waals surface area contributed by atoms with Gasteiger partial charge < -0.3 is 19.3 Å². The first-order chi connectivity index (χ1) is 13.2. The number of methoxy groups -OCH3 is 1. The van der Waals surface area contributed by atoms with Gasteiger partial charge in [0.2, 0.25) is 0 Å². The number of hydrogen-bond acceptors (Lipinski definition) is 8. The zero-order chi connectivity index (χ0) is 21.4. The maximum Gasteiger partial charge on any atom is 1.00 e. The van der Waals surface area contributed by atoms with Crippen LogP contribution in [-0.2, 0) is 33.4 Å². The van der Waals surface area contributed by atoms with Crippen molar-refractivity contribution in [2.75, 3.05) is 20.3 Å². The van der Waals surface area contributed by atoms with Gasteiger partial charge in [0.05, 0.1) is 31.8 Å². The second-order valence-electron chi connectivity index (χ2n) is 6.15. The molecule has 9 heteroatoms. The third-order valence-corrected chi connectivity index (χ3v) is 4.27. The summed E-state index contributed by atoms with van der Waals surface area (Å²) in [5, 5.41) is 11.5. The van der Waals surface area contributed by atoms with E-state index < -0.39 is 17.7 Å². The van der Waals surface area contributed by atoms with Crippen molar-refractivity contribution in [3.8, 4) is 0 Å². The Hall–Kier alpha value is -1.90. The Balaban J connectivity index is 0.000000542. The quantitative estimate of drug-likeness (QED) is 0.291. The molecule has 0 heterocycles. The molecule has 0 saturated heterocycles. The van der Waals surface area contributed by atoms with Gasteiger partial charge in [-0.3, -0.25) is 9.59 Å². The summed E-state index contributed by atoms with van der Waals surface area (Å²) in [6, 6.07) is 0. The Morgan fingerprint density at radius 3 is 2.14 bits per heavy atom. The second kappa shape index (κ2) is 12.6. The average Bonchev–Trinajstić information content (AvgIpc) is 3.13. The molecule has 0 saturated carbocycles. The van der Waals surface area contributed by atoms with Gasteiger partial charge in [-0.2, -0.15) is 0 Å². The molecular formula is C20H25NaO8. The SMILES string of the molecule is CCOC(=O)C1=C(C)C(C(=O)OC)=C([O-])C1.CCOC(=O)C1CC(=O)C=C1C.[Na+]. The van der Waals surface area contributed by atoms with E-state index in [-0.39, 0.29) is 77.8 Å². The molecule has 0 aromatic carbocycles. The molecule has 1 atom stereocenters. The normalized spacial score (nSPS) is 17.8. The van der Waals surface area contributed by atoms with Gasteiger partial charge in [0, 0.05) is 12.0 Å². The van der Waals surface area contributed by atoms with E-state index in [0.29, 0.717) is 12.2 Å². The van der Waals surface area contributed by atoms with Crippen molar-refractivity contribution in [1.82, 2.24) is 0 Å². The van der Waals surface area contributed by atoms with Gasteiger partial charge in [-0.05, 0) is 45.8 Å². The molecule has 0 aromatic heterocycles. The summed E-state index contributed by atoms with van der Waals surface area (Å²) in [7, 11) is 1.19.